The van der Waals surface area contributed by atoms with Crippen molar-refractivity contribution in [3.63, 3.8) is 0 Å². The Labute approximate surface area is 167 Å². The summed E-state index contributed by atoms with van der Waals surface area (Å²) in [5.74, 6) is 2.11. The number of carbonyl (C=O) groups is 1. The van der Waals surface area contributed by atoms with Crippen molar-refractivity contribution < 1.29 is 4.79 Å². The normalized spacial score (nSPS) is 34.9. The molecule has 28 heavy (non-hydrogen) atoms. The van der Waals surface area contributed by atoms with E-state index in [4.69, 9.17) is 0 Å². The van der Waals surface area contributed by atoms with Crippen LogP contribution in [-0.2, 0) is 4.79 Å². The highest BCUT2D eigenvalue weighted by Gasteiger charge is 2.53. The Morgan fingerprint density at radius 3 is 2.68 bits per heavy atom. The molecule has 1 aromatic heterocycles. The van der Waals surface area contributed by atoms with E-state index in [1.165, 1.54) is 61.6 Å². The minimum atomic E-state index is 0.185. The first-order valence-electron chi connectivity index (χ1n) is 11.3. The lowest BCUT2D eigenvalue weighted by atomic mass is 9.56. The molecule has 2 saturated heterocycles. The number of carbonyl (C=O) groups excluding carboxylic acids is 1. The molecule has 4 bridgehead atoms. The summed E-state index contributed by atoms with van der Waals surface area (Å²) in [6, 6.07) is 7.47. The lowest BCUT2D eigenvalue weighted by molar-refractivity contribution is -0.156. The molecule has 0 spiro atoms. The van der Waals surface area contributed by atoms with Crippen LogP contribution in [0, 0.1) is 11.3 Å². The quantitative estimate of drug-likeness (QED) is 0.804. The van der Waals surface area contributed by atoms with Crippen LogP contribution in [0.1, 0.15) is 88.3 Å². The molecule has 5 aliphatic rings. The first-order valence-corrected chi connectivity index (χ1v) is 11.3. The maximum Gasteiger partial charge on any atom is 0.223 e. The first-order chi connectivity index (χ1) is 13.5. The number of nitrogens with zero attached hydrogens (tertiary/aromatic N) is 2. The van der Waals surface area contributed by atoms with Gasteiger partial charge in [0.2, 0.25) is 5.91 Å². The van der Waals surface area contributed by atoms with Gasteiger partial charge in [-0.25, -0.2) is 0 Å². The third-order valence-electron chi connectivity index (χ3n) is 8.16. The van der Waals surface area contributed by atoms with Gasteiger partial charge in [0.1, 0.15) is 0 Å². The van der Waals surface area contributed by atoms with Crippen LogP contribution in [0.15, 0.2) is 18.2 Å². The van der Waals surface area contributed by atoms with E-state index in [1.807, 2.05) is 0 Å². The summed E-state index contributed by atoms with van der Waals surface area (Å²) in [7, 11) is 0. The number of rotatable bonds is 4. The molecule has 3 unspecified atom stereocenters. The van der Waals surface area contributed by atoms with Gasteiger partial charge in [-0.15, -0.1) is 0 Å². The average Bonchev–Trinajstić information content (AvgIpc) is 3.37. The number of aromatic nitrogens is 2. The Morgan fingerprint density at radius 1 is 1.25 bits per heavy atom. The highest BCUT2D eigenvalue weighted by atomic mass is 16.2. The fraction of sp³-hybridized carbons (Fsp3) is 0.667. The second-order valence-electron chi connectivity index (χ2n) is 10.6. The van der Waals surface area contributed by atoms with Gasteiger partial charge in [-0.05, 0) is 73.8 Å². The van der Waals surface area contributed by atoms with Crippen LogP contribution in [0.3, 0.4) is 0 Å². The fourth-order valence-electron chi connectivity index (χ4n) is 7.09. The zero-order valence-electron chi connectivity index (χ0n) is 17.1. The van der Waals surface area contributed by atoms with E-state index in [1.54, 1.807) is 0 Å². The molecule has 1 aromatic carbocycles. The lowest BCUT2D eigenvalue weighted by Gasteiger charge is -2.61. The molecule has 4 nitrogen and oxygen atoms in total. The summed E-state index contributed by atoms with van der Waals surface area (Å²) in [6.07, 6.45) is 9.49. The molecule has 1 amide bonds. The molecule has 148 valence electrons. The van der Waals surface area contributed by atoms with Gasteiger partial charge < -0.3 is 4.90 Å². The van der Waals surface area contributed by atoms with E-state index in [-0.39, 0.29) is 5.92 Å². The number of benzene rings is 1. The predicted octanol–water partition coefficient (Wildman–Crippen LogP) is 5.11. The molecule has 0 radical (unpaired) electrons. The number of amides is 1. The highest BCUT2D eigenvalue weighted by Crippen LogP contribution is 2.56. The molecular weight excluding hydrogens is 346 g/mol. The van der Waals surface area contributed by atoms with Gasteiger partial charge in [0.15, 0.2) is 0 Å². The number of nitrogens with one attached hydrogen (secondary N) is 1. The summed E-state index contributed by atoms with van der Waals surface area (Å²) in [5, 5.41) is 9.15. The predicted molar refractivity (Wildman–Crippen MR) is 110 cm³/mol. The van der Waals surface area contributed by atoms with Crippen molar-refractivity contribution in [2.45, 2.75) is 89.1 Å². The Kier molecular flexibility index (Phi) is 3.56. The number of H-pyrrole nitrogens is 1. The van der Waals surface area contributed by atoms with E-state index in [0.29, 0.717) is 35.7 Å². The van der Waals surface area contributed by atoms with Crippen molar-refractivity contribution in [1.82, 2.24) is 15.1 Å². The van der Waals surface area contributed by atoms with Crippen molar-refractivity contribution in [2.24, 2.45) is 11.3 Å². The largest absolute Gasteiger partial charge is 0.337 e. The molecule has 2 aliphatic heterocycles. The zero-order valence-corrected chi connectivity index (χ0v) is 17.1. The van der Waals surface area contributed by atoms with Gasteiger partial charge >= 0.3 is 0 Å². The topological polar surface area (TPSA) is 49.0 Å². The Morgan fingerprint density at radius 2 is 2.00 bits per heavy atom. The first kappa shape index (κ1) is 17.1. The number of fused-ring (bicyclic) bond motifs is 1. The molecule has 7 rings (SSSR count). The Bertz CT molecular complexity index is 926. The minimum Gasteiger partial charge on any atom is -0.337 e. The van der Waals surface area contributed by atoms with Crippen LogP contribution >= 0.6 is 0 Å². The molecule has 3 heterocycles. The molecule has 3 atom stereocenters. The van der Waals surface area contributed by atoms with Gasteiger partial charge in [-0.1, -0.05) is 26.0 Å². The summed E-state index contributed by atoms with van der Waals surface area (Å²) in [6.45, 7) is 4.66. The molecule has 5 fully saturated rings. The highest BCUT2D eigenvalue weighted by molar-refractivity contribution is 5.87. The number of piperidine rings is 2. The van der Waals surface area contributed by atoms with Gasteiger partial charge in [-0.2, -0.15) is 5.10 Å². The molecular formula is C24H31N3O. The molecule has 4 heteroatoms. The van der Waals surface area contributed by atoms with Crippen LogP contribution in [0.2, 0.25) is 0 Å². The van der Waals surface area contributed by atoms with Crippen LogP contribution in [0.25, 0.3) is 10.9 Å². The molecule has 1 N–H and O–H groups in total. The van der Waals surface area contributed by atoms with Crippen LogP contribution in [0.4, 0.5) is 0 Å². The van der Waals surface area contributed by atoms with Crippen LogP contribution in [-0.4, -0.2) is 33.1 Å². The van der Waals surface area contributed by atoms with E-state index in [9.17, 15) is 4.79 Å². The number of hydrogen-bond acceptors (Lipinski definition) is 2. The summed E-state index contributed by atoms with van der Waals surface area (Å²) >= 11 is 0. The van der Waals surface area contributed by atoms with E-state index in [0.717, 1.165) is 11.4 Å². The zero-order chi connectivity index (χ0) is 19.0. The third-order valence-corrected chi connectivity index (χ3v) is 8.16. The molecule has 3 aliphatic carbocycles. The lowest BCUT2D eigenvalue weighted by Crippen LogP contribution is -2.62. The van der Waals surface area contributed by atoms with Gasteiger partial charge in [0.05, 0.1) is 5.52 Å². The van der Waals surface area contributed by atoms with E-state index >= 15 is 0 Å². The maximum absolute atomic E-state index is 13.4. The van der Waals surface area contributed by atoms with Gasteiger partial charge in [0, 0.05) is 35.5 Å². The summed E-state index contributed by atoms with van der Waals surface area (Å²) < 4.78 is 0. The summed E-state index contributed by atoms with van der Waals surface area (Å²) in [4.78, 5) is 15.7. The van der Waals surface area contributed by atoms with Crippen molar-refractivity contribution >= 4 is 16.8 Å². The Balaban J connectivity index is 1.25. The monoisotopic (exact) mass is 377 g/mol. The second-order valence-corrected chi connectivity index (χ2v) is 10.6. The van der Waals surface area contributed by atoms with E-state index < -0.39 is 0 Å². The van der Waals surface area contributed by atoms with Gasteiger partial charge in [-0.3, -0.25) is 9.89 Å². The standard InChI is InChI=1S/C24H31N3O/c1-14(23-22-19(16-6-7-16)4-3-5-20(22)25-26-23)8-21(28)27-17-9-15-10-18(27)13-24(2,11-15)12-17/h3-5,14-18H,6-13H2,1-2H3,(H,25,26). The van der Waals surface area contributed by atoms with Crippen molar-refractivity contribution in [3.8, 4) is 0 Å². The average molecular weight is 378 g/mol. The number of aromatic amines is 1. The van der Waals surface area contributed by atoms with Crippen molar-refractivity contribution in [3.05, 3.63) is 29.5 Å². The fourth-order valence-corrected chi connectivity index (χ4v) is 7.09. The molecule has 2 aromatic rings. The summed E-state index contributed by atoms with van der Waals surface area (Å²) in [5.41, 5.74) is 4.16. The van der Waals surface area contributed by atoms with Crippen LogP contribution < -0.4 is 0 Å². The third kappa shape index (κ3) is 2.56. The van der Waals surface area contributed by atoms with Crippen LogP contribution in [0.5, 0.6) is 0 Å². The second kappa shape index (κ2) is 5.84. The maximum atomic E-state index is 13.4. The SMILES string of the molecule is CC(CC(=O)N1C2CC3CC1CC(C)(C3)C2)c1[nH]nc2cccc(C3CC3)c12. The van der Waals surface area contributed by atoms with Crippen molar-refractivity contribution in [1.29, 1.82) is 0 Å². The smallest absolute Gasteiger partial charge is 0.223 e. The van der Waals surface area contributed by atoms with Crippen molar-refractivity contribution in [2.75, 3.05) is 0 Å². The number of hydrogen-bond donors (Lipinski definition) is 1. The molecule has 3 saturated carbocycles. The van der Waals surface area contributed by atoms with E-state index in [2.05, 4.69) is 47.1 Å². The Hall–Kier alpha value is -1.84. The minimum absolute atomic E-state index is 0.185. The van der Waals surface area contributed by atoms with Gasteiger partial charge in [0.25, 0.3) is 0 Å².